The summed E-state index contributed by atoms with van der Waals surface area (Å²) in [4.78, 5) is 50.2. The van der Waals surface area contributed by atoms with Crippen LogP contribution in [0.1, 0.15) is 91.5 Å². The van der Waals surface area contributed by atoms with Gasteiger partial charge in [0.15, 0.2) is 5.69 Å². The second-order valence-electron chi connectivity index (χ2n) is 11.2. The van der Waals surface area contributed by atoms with Gasteiger partial charge in [0.05, 0.1) is 6.61 Å². The van der Waals surface area contributed by atoms with Crippen LogP contribution in [0.2, 0.25) is 0 Å². The van der Waals surface area contributed by atoms with Crippen molar-refractivity contribution < 1.29 is 28.4 Å². The normalized spacial score (nSPS) is 17.4. The zero-order valence-corrected chi connectivity index (χ0v) is 22.3. The molecule has 1 aromatic heterocycles. The van der Waals surface area contributed by atoms with Crippen molar-refractivity contribution in [3.05, 3.63) is 46.8 Å². The van der Waals surface area contributed by atoms with Crippen LogP contribution in [0.15, 0.2) is 28.8 Å². The predicted octanol–water partition coefficient (Wildman–Crippen LogP) is 3.39. The summed E-state index contributed by atoms with van der Waals surface area (Å²) in [5, 5.41) is 9.07. The number of ether oxygens (including phenoxy) is 1. The van der Waals surface area contributed by atoms with E-state index in [4.69, 9.17) is 9.26 Å². The number of imide groups is 1. The highest BCUT2D eigenvalue weighted by atomic mass is 16.5. The lowest BCUT2D eigenvalue weighted by Gasteiger charge is -2.29. The number of fused-ring (bicyclic) bond motifs is 1. The van der Waals surface area contributed by atoms with Crippen LogP contribution in [0, 0.1) is 5.41 Å². The summed E-state index contributed by atoms with van der Waals surface area (Å²) >= 11 is 0. The number of benzene rings is 1. The number of nitrogens with one attached hydrogen (secondary N) is 2. The summed E-state index contributed by atoms with van der Waals surface area (Å²) in [6, 6.07) is 6.45. The van der Waals surface area contributed by atoms with Crippen LogP contribution in [0.4, 0.5) is 0 Å². The Labute approximate surface area is 222 Å². The fourth-order valence-electron chi connectivity index (χ4n) is 4.73. The van der Waals surface area contributed by atoms with Gasteiger partial charge in [-0.1, -0.05) is 38.8 Å². The number of carbonyl (C=O) groups is 4. The first kappa shape index (κ1) is 27.3. The van der Waals surface area contributed by atoms with Crippen molar-refractivity contribution in [2.45, 2.75) is 78.3 Å². The molecule has 4 rings (SSSR count). The molecule has 2 aliphatic rings. The van der Waals surface area contributed by atoms with Crippen molar-refractivity contribution in [2.24, 2.45) is 5.41 Å². The van der Waals surface area contributed by atoms with Gasteiger partial charge >= 0.3 is 0 Å². The second-order valence-corrected chi connectivity index (χ2v) is 11.2. The lowest BCUT2D eigenvalue weighted by Crippen LogP contribution is -2.52. The molecule has 2 aliphatic heterocycles. The monoisotopic (exact) mass is 524 g/mol. The first-order valence-corrected chi connectivity index (χ1v) is 13.2. The molecule has 0 bridgehead atoms. The van der Waals surface area contributed by atoms with E-state index in [1.54, 1.807) is 18.2 Å². The lowest BCUT2D eigenvalue weighted by molar-refractivity contribution is -0.136. The summed E-state index contributed by atoms with van der Waals surface area (Å²) in [6.45, 7) is 7.76. The van der Waals surface area contributed by atoms with Crippen molar-refractivity contribution >= 4 is 23.6 Å². The minimum Gasteiger partial charge on any atom is -0.494 e. The average molecular weight is 525 g/mol. The van der Waals surface area contributed by atoms with E-state index in [2.05, 4.69) is 36.6 Å². The molecule has 1 aromatic carbocycles. The SMILES string of the molecule is CC(C)(C)Cc1cc(C(=O)NCCCCCCOc2ccc3c(c2)CN(C2CCC(=O)NC2=O)C3=O)no1. The third-order valence-corrected chi connectivity index (χ3v) is 6.62. The Bertz CT molecular complexity index is 1200. The highest BCUT2D eigenvalue weighted by Crippen LogP contribution is 2.30. The fraction of sp³-hybridized carbons (Fsp3) is 0.536. The predicted molar refractivity (Wildman–Crippen MR) is 138 cm³/mol. The third kappa shape index (κ3) is 6.99. The van der Waals surface area contributed by atoms with E-state index in [1.165, 1.54) is 4.90 Å². The van der Waals surface area contributed by atoms with Crippen molar-refractivity contribution in [3.8, 4) is 5.75 Å². The fourth-order valence-corrected chi connectivity index (χ4v) is 4.73. The zero-order chi connectivity index (χ0) is 27.3. The minimum atomic E-state index is -0.622. The van der Waals surface area contributed by atoms with E-state index in [0.717, 1.165) is 37.7 Å². The summed E-state index contributed by atoms with van der Waals surface area (Å²) in [5.41, 5.74) is 1.77. The van der Waals surface area contributed by atoms with Crippen LogP contribution in [0.3, 0.4) is 0 Å². The maximum atomic E-state index is 12.8. The van der Waals surface area contributed by atoms with E-state index in [9.17, 15) is 19.2 Å². The summed E-state index contributed by atoms with van der Waals surface area (Å²) < 4.78 is 11.1. The third-order valence-electron chi connectivity index (χ3n) is 6.62. The molecule has 1 atom stereocenters. The van der Waals surface area contributed by atoms with Gasteiger partial charge in [-0.3, -0.25) is 24.5 Å². The Morgan fingerprint density at radius 3 is 2.71 bits per heavy atom. The molecule has 1 saturated heterocycles. The van der Waals surface area contributed by atoms with Crippen LogP contribution in [0.5, 0.6) is 5.75 Å². The van der Waals surface area contributed by atoms with Gasteiger partial charge in [-0.2, -0.15) is 0 Å². The van der Waals surface area contributed by atoms with Crippen molar-refractivity contribution in [3.63, 3.8) is 0 Å². The summed E-state index contributed by atoms with van der Waals surface area (Å²) in [7, 11) is 0. The first-order chi connectivity index (χ1) is 18.1. The number of nitrogens with zero attached hydrogens (tertiary/aromatic N) is 2. The lowest BCUT2D eigenvalue weighted by atomic mass is 9.91. The van der Waals surface area contributed by atoms with Gasteiger partial charge in [-0.25, -0.2) is 0 Å². The summed E-state index contributed by atoms with van der Waals surface area (Å²) in [6.07, 6.45) is 4.94. The Hall–Kier alpha value is -3.69. The van der Waals surface area contributed by atoms with Crippen molar-refractivity contribution in [1.29, 1.82) is 0 Å². The molecule has 1 unspecified atom stereocenters. The number of hydrogen-bond acceptors (Lipinski definition) is 7. The highest BCUT2D eigenvalue weighted by Gasteiger charge is 2.39. The second kappa shape index (κ2) is 11.8. The molecule has 10 heteroatoms. The van der Waals surface area contributed by atoms with Crippen LogP contribution < -0.4 is 15.4 Å². The minimum absolute atomic E-state index is 0.0650. The van der Waals surface area contributed by atoms with Crippen LogP contribution in [-0.2, 0) is 22.6 Å². The van der Waals surface area contributed by atoms with Gasteiger partial charge in [-0.15, -0.1) is 0 Å². The highest BCUT2D eigenvalue weighted by molar-refractivity contribution is 6.05. The molecule has 10 nitrogen and oxygen atoms in total. The maximum Gasteiger partial charge on any atom is 0.273 e. The van der Waals surface area contributed by atoms with Gasteiger partial charge in [-0.05, 0) is 48.4 Å². The Balaban J connectivity index is 1.12. The molecular weight excluding hydrogens is 488 g/mol. The number of piperidine rings is 1. The van der Waals surface area contributed by atoms with E-state index in [0.29, 0.717) is 48.9 Å². The molecule has 204 valence electrons. The smallest absolute Gasteiger partial charge is 0.273 e. The molecule has 4 amide bonds. The molecule has 1 fully saturated rings. The largest absolute Gasteiger partial charge is 0.494 e. The van der Waals surface area contributed by atoms with Gasteiger partial charge in [0.25, 0.3) is 11.8 Å². The number of aromatic nitrogens is 1. The van der Waals surface area contributed by atoms with E-state index in [-0.39, 0.29) is 29.6 Å². The van der Waals surface area contributed by atoms with Gasteiger partial charge in [0.2, 0.25) is 11.8 Å². The van der Waals surface area contributed by atoms with Crippen LogP contribution in [-0.4, -0.2) is 52.9 Å². The van der Waals surface area contributed by atoms with Crippen LogP contribution in [0.25, 0.3) is 0 Å². The average Bonchev–Trinajstić information content (AvgIpc) is 3.43. The molecule has 3 heterocycles. The standard InChI is InChI=1S/C28H36N4O6/c1-28(2,3)16-20-15-22(31-38-20)25(34)29-12-6-4-5-7-13-37-19-8-9-21-18(14-19)17-32(27(21)36)23-10-11-24(33)30-26(23)35/h8-9,14-15,23H,4-7,10-13,16-17H2,1-3H3,(H,29,34)(H,30,33,35). The topological polar surface area (TPSA) is 131 Å². The molecule has 0 aliphatic carbocycles. The zero-order valence-electron chi connectivity index (χ0n) is 22.3. The quantitative estimate of drug-likeness (QED) is 0.340. The number of rotatable bonds is 11. The number of amides is 4. The van der Waals surface area contributed by atoms with Gasteiger partial charge in [0.1, 0.15) is 17.6 Å². The maximum absolute atomic E-state index is 12.8. The molecule has 38 heavy (non-hydrogen) atoms. The van der Waals surface area contributed by atoms with E-state index in [1.807, 2.05) is 6.07 Å². The number of hydrogen-bond donors (Lipinski definition) is 2. The van der Waals surface area contributed by atoms with Gasteiger partial charge < -0.3 is 19.5 Å². The van der Waals surface area contributed by atoms with E-state index >= 15 is 0 Å². The molecule has 2 N–H and O–H groups in total. The van der Waals surface area contributed by atoms with Crippen molar-refractivity contribution in [1.82, 2.24) is 20.7 Å². The Morgan fingerprint density at radius 2 is 1.95 bits per heavy atom. The van der Waals surface area contributed by atoms with Gasteiger partial charge in [0, 0.05) is 37.6 Å². The Kier molecular flexibility index (Phi) is 8.48. The molecule has 2 aromatic rings. The molecule has 0 saturated carbocycles. The molecule has 0 spiro atoms. The number of unbranched alkanes of at least 4 members (excludes halogenated alkanes) is 3. The van der Waals surface area contributed by atoms with E-state index < -0.39 is 11.9 Å². The Morgan fingerprint density at radius 1 is 1.16 bits per heavy atom. The first-order valence-electron chi connectivity index (χ1n) is 13.2. The van der Waals surface area contributed by atoms with Crippen molar-refractivity contribution in [2.75, 3.05) is 13.2 Å². The number of carbonyl (C=O) groups excluding carboxylic acids is 4. The summed E-state index contributed by atoms with van der Waals surface area (Å²) in [5.74, 6) is 0.275. The van der Waals surface area contributed by atoms with Crippen LogP contribution >= 0.6 is 0 Å². The molecular formula is C28H36N4O6. The molecule has 0 radical (unpaired) electrons.